The largest absolute Gasteiger partial charge is 0.399 e. The van der Waals surface area contributed by atoms with E-state index in [1.807, 2.05) is 12.1 Å². The number of fused-ring (bicyclic) bond motifs is 6. The molecular weight excluding hydrogens is 470 g/mol. The summed E-state index contributed by atoms with van der Waals surface area (Å²) < 4.78 is 0. The molecule has 0 aliphatic heterocycles. The molecule has 1 heteroatoms. The monoisotopic (exact) mass is 503 g/mol. The Morgan fingerprint density at radius 1 is 0.385 bits per heavy atom. The molecule has 1 nitrogen and oxygen atoms in total. The number of anilines is 1. The van der Waals surface area contributed by atoms with Crippen molar-refractivity contribution in [3.63, 3.8) is 0 Å². The van der Waals surface area contributed by atoms with Crippen LogP contribution in [0.15, 0.2) is 109 Å². The first-order chi connectivity index (χ1) is 19.1. The summed E-state index contributed by atoms with van der Waals surface area (Å²) >= 11 is 0. The minimum absolute atomic E-state index is 0.823. The maximum Gasteiger partial charge on any atom is 0.0314 e. The van der Waals surface area contributed by atoms with Crippen LogP contribution in [0.3, 0.4) is 0 Å². The van der Waals surface area contributed by atoms with Crippen molar-refractivity contribution in [2.24, 2.45) is 0 Å². The van der Waals surface area contributed by atoms with Gasteiger partial charge in [0.15, 0.2) is 0 Å². The van der Waals surface area contributed by atoms with Gasteiger partial charge < -0.3 is 5.73 Å². The van der Waals surface area contributed by atoms with E-state index >= 15 is 0 Å². The topological polar surface area (TPSA) is 26.0 Å². The molecule has 0 fully saturated rings. The molecule has 0 aromatic heterocycles. The van der Waals surface area contributed by atoms with Crippen molar-refractivity contribution < 1.29 is 0 Å². The number of hydrogen-bond acceptors (Lipinski definition) is 1. The van der Waals surface area contributed by atoms with Crippen molar-refractivity contribution in [1.29, 1.82) is 0 Å². The van der Waals surface area contributed by atoms with Gasteiger partial charge in [0, 0.05) is 5.69 Å². The minimum Gasteiger partial charge on any atom is -0.399 e. The first-order valence-corrected chi connectivity index (χ1v) is 14.2. The van der Waals surface area contributed by atoms with Crippen LogP contribution in [0.1, 0.15) is 34.7 Å². The quantitative estimate of drug-likeness (QED) is 0.215. The van der Waals surface area contributed by atoms with E-state index in [1.165, 1.54) is 71.6 Å². The molecule has 0 radical (unpaired) electrons. The van der Waals surface area contributed by atoms with E-state index in [1.54, 1.807) is 0 Å². The molecule has 6 aromatic rings. The van der Waals surface area contributed by atoms with Gasteiger partial charge in [-0.25, -0.2) is 0 Å². The summed E-state index contributed by atoms with van der Waals surface area (Å²) in [6.45, 7) is 2.21. The summed E-state index contributed by atoms with van der Waals surface area (Å²) in [5, 5.41) is 5.32. The fourth-order valence-corrected chi connectivity index (χ4v) is 6.04. The van der Waals surface area contributed by atoms with E-state index in [2.05, 4.69) is 104 Å². The molecule has 0 amide bonds. The molecule has 2 N–H and O–H groups in total. The predicted molar refractivity (Wildman–Crippen MR) is 167 cm³/mol. The Kier molecular flexibility index (Phi) is 5.93. The number of hydrogen-bond donors (Lipinski definition) is 1. The standard InChI is InChI=1S/C38H33N/c1-2-25-3-5-26(6-4-25)7-9-28-11-15-30-21-35-37(23-32(30)19-28)36-22-31-16-12-29(20-33(31)24-38(35)36)10-8-27-13-17-34(39)18-14-27/h3-6,11-24H,2,7-10,39H2,1H3. The maximum absolute atomic E-state index is 5.84. The van der Waals surface area contributed by atoms with Gasteiger partial charge >= 0.3 is 0 Å². The maximum atomic E-state index is 5.84. The highest BCUT2D eigenvalue weighted by Gasteiger charge is 2.23. The Hall–Kier alpha value is -4.36. The van der Waals surface area contributed by atoms with Crippen LogP contribution in [-0.2, 0) is 32.1 Å². The lowest BCUT2D eigenvalue weighted by molar-refractivity contribution is 0.959. The normalized spacial score (nSPS) is 11.8. The fourth-order valence-electron chi connectivity index (χ4n) is 6.04. The van der Waals surface area contributed by atoms with Crippen LogP contribution in [0.4, 0.5) is 5.69 Å². The zero-order valence-electron chi connectivity index (χ0n) is 22.5. The van der Waals surface area contributed by atoms with Gasteiger partial charge in [-0.1, -0.05) is 79.7 Å². The zero-order valence-corrected chi connectivity index (χ0v) is 22.5. The fraction of sp³-hybridized carbons (Fsp3) is 0.158. The third-order valence-electron chi connectivity index (χ3n) is 8.48. The van der Waals surface area contributed by atoms with E-state index in [4.69, 9.17) is 5.73 Å². The Balaban J connectivity index is 1.11. The lowest BCUT2D eigenvalue weighted by atomic mass is 9.77. The lowest BCUT2D eigenvalue weighted by Crippen LogP contribution is -2.00. The third kappa shape index (κ3) is 4.59. The lowest BCUT2D eigenvalue weighted by Gasteiger charge is -2.26. The average molecular weight is 504 g/mol. The molecule has 7 rings (SSSR count). The van der Waals surface area contributed by atoms with Gasteiger partial charge in [0.1, 0.15) is 0 Å². The zero-order chi connectivity index (χ0) is 26.3. The molecular formula is C38H33N. The highest BCUT2D eigenvalue weighted by atomic mass is 14.5. The van der Waals surface area contributed by atoms with Crippen LogP contribution in [0, 0.1) is 0 Å². The molecule has 0 unspecified atom stereocenters. The van der Waals surface area contributed by atoms with Crippen LogP contribution in [0.5, 0.6) is 0 Å². The molecule has 1 aliphatic rings. The van der Waals surface area contributed by atoms with Crippen LogP contribution >= 0.6 is 0 Å². The van der Waals surface area contributed by atoms with Crippen LogP contribution < -0.4 is 5.73 Å². The van der Waals surface area contributed by atoms with E-state index in [9.17, 15) is 0 Å². The third-order valence-corrected chi connectivity index (χ3v) is 8.48. The number of nitrogens with two attached hydrogens (primary N) is 1. The Labute approximate surface area is 230 Å². The van der Waals surface area contributed by atoms with E-state index in [-0.39, 0.29) is 0 Å². The summed E-state index contributed by atoms with van der Waals surface area (Å²) in [6, 6.07) is 40.9. The molecule has 0 bridgehead atoms. The molecule has 0 atom stereocenters. The second-order valence-corrected chi connectivity index (χ2v) is 11.1. The molecule has 190 valence electrons. The number of aryl methyl sites for hydroxylation is 5. The van der Waals surface area contributed by atoms with Crippen molar-refractivity contribution in [3.05, 3.63) is 137 Å². The summed E-state index contributed by atoms with van der Waals surface area (Å²) in [4.78, 5) is 0. The number of nitrogen functional groups attached to an aromatic ring is 1. The van der Waals surface area contributed by atoms with Crippen LogP contribution in [0.25, 0.3) is 43.8 Å². The molecule has 6 aromatic carbocycles. The predicted octanol–water partition coefficient (Wildman–Crippen LogP) is 9.36. The Morgan fingerprint density at radius 2 is 0.744 bits per heavy atom. The van der Waals surface area contributed by atoms with Gasteiger partial charge in [0.05, 0.1) is 0 Å². The van der Waals surface area contributed by atoms with Crippen molar-refractivity contribution in [2.45, 2.75) is 39.0 Å². The second kappa shape index (κ2) is 9.75. The van der Waals surface area contributed by atoms with Crippen molar-refractivity contribution in [3.8, 4) is 22.3 Å². The van der Waals surface area contributed by atoms with Crippen LogP contribution in [0.2, 0.25) is 0 Å². The first-order valence-electron chi connectivity index (χ1n) is 14.2. The molecule has 0 heterocycles. The molecule has 1 aliphatic carbocycles. The SMILES string of the molecule is CCc1ccc(CCc2ccc3cc4c(cc3c2)-c2cc3ccc(CCc5ccc(N)cc5)cc3cc2-4)cc1. The van der Waals surface area contributed by atoms with E-state index in [0.29, 0.717) is 0 Å². The first kappa shape index (κ1) is 23.7. The molecule has 0 saturated heterocycles. The van der Waals surface area contributed by atoms with Gasteiger partial charge in [-0.15, -0.1) is 0 Å². The van der Waals surface area contributed by atoms with Gasteiger partial charge in [0.25, 0.3) is 0 Å². The number of benzene rings is 6. The van der Waals surface area contributed by atoms with Gasteiger partial charge in [-0.2, -0.15) is 0 Å². The van der Waals surface area contributed by atoms with E-state index < -0.39 is 0 Å². The number of rotatable bonds is 7. The Bertz CT molecular complexity index is 1830. The average Bonchev–Trinajstić information content (AvgIpc) is 2.98. The van der Waals surface area contributed by atoms with Gasteiger partial charge in [-0.05, 0) is 140 Å². The van der Waals surface area contributed by atoms with Crippen molar-refractivity contribution in [2.75, 3.05) is 5.73 Å². The van der Waals surface area contributed by atoms with E-state index in [0.717, 1.165) is 37.8 Å². The molecule has 0 saturated carbocycles. The minimum atomic E-state index is 0.823. The summed E-state index contributed by atoms with van der Waals surface area (Å²) in [5.41, 5.74) is 19.1. The smallest absolute Gasteiger partial charge is 0.0314 e. The summed E-state index contributed by atoms with van der Waals surface area (Å²) in [5.74, 6) is 0. The van der Waals surface area contributed by atoms with Gasteiger partial charge in [0.2, 0.25) is 0 Å². The molecule has 0 spiro atoms. The van der Waals surface area contributed by atoms with Crippen LogP contribution in [-0.4, -0.2) is 0 Å². The van der Waals surface area contributed by atoms with Gasteiger partial charge in [-0.3, -0.25) is 0 Å². The highest BCUT2D eigenvalue weighted by Crippen LogP contribution is 2.50. The second-order valence-electron chi connectivity index (χ2n) is 11.1. The Morgan fingerprint density at radius 3 is 1.21 bits per heavy atom. The van der Waals surface area contributed by atoms with Crippen molar-refractivity contribution >= 4 is 27.2 Å². The highest BCUT2D eigenvalue weighted by molar-refractivity contribution is 6.11. The summed E-state index contributed by atoms with van der Waals surface area (Å²) in [7, 11) is 0. The summed E-state index contributed by atoms with van der Waals surface area (Å²) in [6.07, 6.45) is 5.31. The van der Waals surface area contributed by atoms with Crippen molar-refractivity contribution in [1.82, 2.24) is 0 Å². The molecule has 39 heavy (non-hydrogen) atoms.